The third kappa shape index (κ3) is 3.65. The Hall–Kier alpha value is -1.71. The van der Waals surface area contributed by atoms with Crippen molar-refractivity contribution in [2.45, 2.75) is 32.5 Å². The molecule has 2 aromatic carbocycles. The zero-order valence-electron chi connectivity index (χ0n) is 11.8. The predicted octanol–water partition coefficient (Wildman–Crippen LogP) is 3.35. The number of aryl methyl sites for hydroxylation is 1. The van der Waals surface area contributed by atoms with E-state index in [2.05, 4.69) is 5.32 Å². The fourth-order valence-electron chi connectivity index (χ4n) is 2.08. The summed E-state index contributed by atoms with van der Waals surface area (Å²) in [6, 6.07) is 14.3. The summed E-state index contributed by atoms with van der Waals surface area (Å²) >= 11 is 0. The third-order valence-electron chi connectivity index (χ3n) is 3.46. The third-order valence-corrected chi connectivity index (χ3v) is 3.46. The number of hydrogen-bond donors (Lipinski definition) is 2. The molecule has 0 heterocycles. The van der Waals surface area contributed by atoms with Crippen LogP contribution in [0.2, 0.25) is 0 Å². The van der Waals surface area contributed by atoms with Crippen molar-refractivity contribution in [3.05, 3.63) is 71.0 Å². The first-order valence-corrected chi connectivity index (χ1v) is 6.79. The van der Waals surface area contributed by atoms with E-state index in [0.717, 1.165) is 11.1 Å². The quantitative estimate of drug-likeness (QED) is 0.875. The largest absolute Gasteiger partial charge is 0.387 e. The minimum absolute atomic E-state index is 0.155. The average molecular weight is 273 g/mol. The Labute approximate surface area is 119 Å². The van der Waals surface area contributed by atoms with Crippen molar-refractivity contribution >= 4 is 0 Å². The van der Waals surface area contributed by atoms with Gasteiger partial charge in [-0.2, -0.15) is 0 Å². The van der Waals surface area contributed by atoms with E-state index in [0.29, 0.717) is 12.1 Å². The van der Waals surface area contributed by atoms with Gasteiger partial charge in [0.1, 0.15) is 5.82 Å². The van der Waals surface area contributed by atoms with Crippen LogP contribution in [0.1, 0.15) is 29.7 Å². The van der Waals surface area contributed by atoms with Crippen LogP contribution in [0.5, 0.6) is 0 Å². The minimum Gasteiger partial charge on any atom is -0.387 e. The standard InChI is InChI=1S/C17H20FNO/c1-12-7-9-14(10-8-12)17(20)13(2)19-11-15-5-3-4-6-16(15)18/h3-10,13,17,19-20H,11H2,1-2H3. The summed E-state index contributed by atoms with van der Waals surface area (Å²) in [5, 5.41) is 13.4. The fraction of sp³-hybridized carbons (Fsp3) is 0.294. The van der Waals surface area contributed by atoms with E-state index in [1.807, 2.05) is 38.1 Å². The normalized spacial score (nSPS) is 14.0. The molecule has 0 aliphatic carbocycles. The Morgan fingerprint density at radius 1 is 1.10 bits per heavy atom. The van der Waals surface area contributed by atoms with Crippen LogP contribution in [0, 0.1) is 12.7 Å². The van der Waals surface area contributed by atoms with Crippen molar-refractivity contribution in [2.24, 2.45) is 0 Å². The van der Waals surface area contributed by atoms with Gasteiger partial charge in [0.15, 0.2) is 0 Å². The van der Waals surface area contributed by atoms with E-state index in [4.69, 9.17) is 0 Å². The second-order valence-corrected chi connectivity index (χ2v) is 5.12. The Morgan fingerprint density at radius 2 is 1.75 bits per heavy atom. The van der Waals surface area contributed by atoms with E-state index < -0.39 is 6.10 Å². The summed E-state index contributed by atoms with van der Waals surface area (Å²) in [4.78, 5) is 0. The molecule has 2 atom stereocenters. The van der Waals surface area contributed by atoms with E-state index in [1.54, 1.807) is 18.2 Å². The molecule has 106 valence electrons. The topological polar surface area (TPSA) is 32.3 Å². The monoisotopic (exact) mass is 273 g/mol. The molecule has 0 radical (unpaired) electrons. The number of aliphatic hydroxyl groups is 1. The summed E-state index contributed by atoms with van der Waals surface area (Å²) in [5.74, 6) is -0.225. The molecule has 3 heteroatoms. The first-order chi connectivity index (χ1) is 9.58. The van der Waals surface area contributed by atoms with Crippen LogP contribution < -0.4 is 5.32 Å². The van der Waals surface area contributed by atoms with Crippen LogP contribution >= 0.6 is 0 Å². The van der Waals surface area contributed by atoms with Gasteiger partial charge < -0.3 is 10.4 Å². The van der Waals surface area contributed by atoms with Crippen LogP contribution in [0.4, 0.5) is 4.39 Å². The first-order valence-electron chi connectivity index (χ1n) is 6.79. The molecule has 0 spiro atoms. The molecular formula is C17H20FNO. The van der Waals surface area contributed by atoms with Gasteiger partial charge in [-0.1, -0.05) is 48.0 Å². The molecule has 0 saturated carbocycles. The molecule has 2 N–H and O–H groups in total. The fourth-order valence-corrected chi connectivity index (χ4v) is 2.08. The smallest absolute Gasteiger partial charge is 0.127 e. The maximum Gasteiger partial charge on any atom is 0.127 e. The van der Waals surface area contributed by atoms with Gasteiger partial charge >= 0.3 is 0 Å². The highest BCUT2D eigenvalue weighted by atomic mass is 19.1. The lowest BCUT2D eigenvalue weighted by molar-refractivity contribution is 0.135. The van der Waals surface area contributed by atoms with Crippen molar-refractivity contribution < 1.29 is 9.50 Å². The summed E-state index contributed by atoms with van der Waals surface area (Å²) in [7, 11) is 0. The lowest BCUT2D eigenvalue weighted by Crippen LogP contribution is -2.32. The summed E-state index contributed by atoms with van der Waals surface area (Å²) in [6.45, 7) is 4.30. The molecular weight excluding hydrogens is 253 g/mol. The molecule has 0 aromatic heterocycles. The number of halogens is 1. The molecule has 0 aliphatic rings. The maximum absolute atomic E-state index is 13.5. The summed E-state index contributed by atoms with van der Waals surface area (Å²) in [5.41, 5.74) is 2.63. The molecule has 2 aromatic rings. The van der Waals surface area contributed by atoms with Crippen LogP contribution in [-0.4, -0.2) is 11.1 Å². The average Bonchev–Trinajstić information content (AvgIpc) is 2.46. The second-order valence-electron chi connectivity index (χ2n) is 5.12. The maximum atomic E-state index is 13.5. The number of hydrogen-bond acceptors (Lipinski definition) is 2. The second kappa shape index (κ2) is 6.64. The van der Waals surface area contributed by atoms with Gasteiger partial charge in [-0.3, -0.25) is 0 Å². The number of rotatable bonds is 5. The Kier molecular flexibility index (Phi) is 4.88. The van der Waals surface area contributed by atoms with Gasteiger partial charge in [-0.25, -0.2) is 4.39 Å². The number of nitrogens with one attached hydrogen (secondary N) is 1. The van der Waals surface area contributed by atoms with Gasteiger partial charge in [0.25, 0.3) is 0 Å². The van der Waals surface area contributed by atoms with Crippen molar-refractivity contribution in [2.75, 3.05) is 0 Å². The molecule has 2 rings (SSSR count). The molecule has 0 aliphatic heterocycles. The van der Waals surface area contributed by atoms with Crippen molar-refractivity contribution in [3.8, 4) is 0 Å². The van der Waals surface area contributed by atoms with E-state index in [-0.39, 0.29) is 11.9 Å². The zero-order valence-corrected chi connectivity index (χ0v) is 11.8. The highest BCUT2D eigenvalue weighted by molar-refractivity contribution is 5.24. The molecule has 0 amide bonds. The zero-order chi connectivity index (χ0) is 14.5. The van der Waals surface area contributed by atoms with Gasteiger partial charge in [0.05, 0.1) is 6.10 Å². The summed E-state index contributed by atoms with van der Waals surface area (Å²) in [6.07, 6.45) is -0.609. The van der Waals surface area contributed by atoms with Gasteiger partial charge in [-0.15, -0.1) is 0 Å². The lowest BCUT2D eigenvalue weighted by atomic mass is 10.0. The number of benzene rings is 2. The van der Waals surface area contributed by atoms with Gasteiger partial charge in [0.2, 0.25) is 0 Å². The number of aliphatic hydroxyl groups excluding tert-OH is 1. The van der Waals surface area contributed by atoms with E-state index in [9.17, 15) is 9.50 Å². The Bertz CT molecular complexity index is 553. The predicted molar refractivity (Wildman–Crippen MR) is 78.8 cm³/mol. The van der Waals surface area contributed by atoms with Crippen molar-refractivity contribution in [3.63, 3.8) is 0 Å². The Balaban J connectivity index is 1.96. The van der Waals surface area contributed by atoms with Gasteiger partial charge in [0, 0.05) is 18.2 Å². The van der Waals surface area contributed by atoms with E-state index in [1.165, 1.54) is 6.07 Å². The molecule has 0 saturated heterocycles. The van der Waals surface area contributed by atoms with E-state index >= 15 is 0 Å². The highest BCUT2D eigenvalue weighted by Gasteiger charge is 2.16. The minimum atomic E-state index is -0.609. The SMILES string of the molecule is Cc1ccc(C(O)C(C)NCc2ccccc2F)cc1. The highest BCUT2D eigenvalue weighted by Crippen LogP contribution is 2.18. The van der Waals surface area contributed by atoms with Crippen molar-refractivity contribution in [1.29, 1.82) is 0 Å². The molecule has 20 heavy (non-hydrogen) atoms. The Morgan fingerprint density at radius 3 is 2.40 bits per heavy atom. The van der Waals surface area contributed by atoms with Crippen LogP contribution in [-0.2, 0) is 6.54 Å². The molecule has 2 unspecified atom stereocenters. The molecule has 0 fully saturated rings. The summed E-state index contributed by atoms with van der Waals surface area (Å²) < 4.78 is 13.5. The molecule has 2 nitrogen and oxygen atoms in total. The van der Waals surface area contributed by atoms with Crippen LogP contribution in [0.15, 0.2) is 48.5 Å². The van der Waals surface area contributed by atoms with Crippen LogP contribution in [0.3, 0.4) is 0 Å². The lowest BCUT2D eigenvalue weighted by Gasteiger charge is -2.21. The first kappa shape index (κ1) is 14.7. The molecule has 0 bridgehead atoms. The van der Waals surface area contributed by atoms with Gasteiger partial charge in [-0.05, 0) is 25.5 Å². The van der Waals surface area contributed by atoms with Crippen LogP contribution in [0.25, 0.3) is 0 Å². The van der Waals surface area contributed by atoms with Crippen molar-refractivity contribution in [1.82, 2.24) is 5.32 Å².